The fraction of sp³-hybridized carbons (Fsp3) is 0.385. The van der Waals surface area contributed by atoms with Crippen molar-refractivity contribution in [3.05, 3.63) is 24.3 Å². The van der Waals surface area contributed by atoms with Crippen LogP contribution < -0.4 is 16.0 Å². The van der Waals surface area contributed by atoms with E-state index in [0.717, 1.165) is 12.8 Å². The van der Waals surface area contributed by atoms with Crippen molar-refractivity contribution in [1.29, 1.82) is 0 Å². The molecule has 1 aliphatic carbocycles. The van der Waals surface area contributed by atoms with Crippen molar-refractivity contribution in [1.82, 2.24) is 0 Å². The minimum Gasteiger partial charge on any atom is -0.447 e. The highest BCUT2D eigenvalue weighted by Gasteiger charge is 2.45. The number of hydrogen-bond acceptors (Lipinski definition) is 4. The van der Waals surface area contributed by atoms with E-state index < -0.39 is 5.54 Å². The molecule has 0 radical (unpaired) electrons. The van der Waals surface area contributed by atoms with E-state index in [1.165, 1.54) is 4.90 Å². The summed E-state index contributed by atoms with van der Waals surface area (Å²) in [6.45, 7) is 0.915. The maximum atomic E-state index is 11.9. The number of carbonyl (C=O) groups is 2. The normalized spacial score (nSPS) is 20.1. The molecular formula is C13H15N3O3. The van der Waals surface area contributed by atoms with Crippen molar-refractivity contribution in [2.75, 3.05) is 23.4 Å². The molecule has 6 heteroatoms. The first-order valence-corrected chi connectivity index (χ1v) is 6.23. The molecule has 2 aliphatic rings. The molecule has 1 aromatic rings. The van der Waals surface area contributed by atoms with Crippen LogP contribution in [0.25, 0.3) is 0 Å². The van der Waals surface area contributed by atoms with Crippen molar-refractivity contribution in [2.45, 2.75) is 18.4 Å². The Balaban J connectivity index is 1.76. The van der Waals surface area contributed by atoms with Crippen LogP contribution in [0.3, 0.4) is 0 Å². The van der Waals surface area contributed by atoms with E-state index in [0.29, 0.717) is 24.5 Å². The van der Waals surface area contributed by atoms with E-state index in [2.05, 4.69) is 5.32 Å². The van der Waals surface area contributed by atoms with Crippen LogP contribution in [0.15, 0.2) is 24.3 Å². The molecule has 0 bridgehead atoms. The lowest BCUT2D eigenvalue weighted by Gasteiger charge is -2.15. The molecule has 100 valence electrons. The fourth-order valence-electron chi connectivity index (χ4n) is 2.00. The van der Waals surface area contributed by atoms with E-state index in [1.54, 1.807) is 24.3 Å². The lowest BCUT2D eigenvalue weighted by Crippen LogP contribution is -2.37. The number of ether oxygens (including phenoxy) is 1. The molecule has 0 unspecified atom stereocenters. The second-order valence-corrected chi connectivity index (χ2v) is 4.93. The summed E-state index contributed by atoms with van der Waals surface area (Å²) in [7, 11) is 0. The molecule has 1 heterocycles. The second-order valence-electron chi connectivity index (χ2n) is 4.93. The maximum Gasteiger partial charge on any atom is 0.414 e. The van der Waals surface area contributed by atoms with Crippen molar-refractivity contribution in [3.63, 3.8) is 0 Å². The van der Waals surface area contributed by atoms with Crippen LogP contribution in [0, 0.1) is 0 Å². The highest BCUT2D eigenvalue weighted by molar-refractivity contribution is 6.00. The minimum absolute atomic E-state index is 0.173. The zero-order valence-corrected chi connectivity index (χ0v) is 10.4. The molecule has 1 aromatic carbocycles. The van der Waals surface area contributed by atoms with Crippen molar-refractivity contribution in [3.8, 4) is 0 Å². The molecule has 1 saturated carbocycles. The first-order chi connectivity index (χ1) is 9.08. The number of nitrogens with two attached hydrogens (primary N) is 1. The third kappa shape index (κ3) is 2.26. The zero-order chi connectivity index (χ0) is 13.5. The molecule has 2 amide bonds. The lowest BCUT2D eigenvalue weighted by molar-refractivity contribution is -0.118. The third-order valence-electron chi connectivity index (χ3n) is 3.42. The number of nitrogens with zero attached hydrogens (tertiary/aromatic N) is 1. The second kappa shape index (κ2) is 4.24. The number of anilines is 2. The van der Waals surface area contributed by atoms with Gasteiger partial charge in [-0.15, -0.1) is 0 Å². The molecule has 6 nitrogen and oxygen atoms in total. The van der Waals surface area contributed by atoms with Crippen LogP contribution in [0.1, 0.15) is 12.8 Å². The van der Waals surface area contributed by atoms with Gasteiger partial charge in [-0.05, 0) is 31.0 Å². The van der Waals surface area contributed by atoms with E-state index in [-0.39, 0.29) is 12.0 Å². The molecule has 3 N–H and O–H groups in total. The maximum absolute atomic E-state index is 11.9. The highest BCUT2D eigenvalue weighted by atomic mass is 16.6. The van der Waals surface area contributed by atoms with Gasteiger partial charge in [-0.3, -0.25) is 9.69 Å². The Morgan fingerprint density at radius 1 is 1.42 bits per heavy atom. The van der Waals surface area contributed by atoms with Crippen LogP contribution in [0.4, 0.5) is 16.2 Å². The summed E-state index contributed by atoms with van der Waals surface area (Å²) in [5, 5.41) is 2.78. The van der Waals surface area contributed by atoms with Gasteiger partial charge in [0.15, 0.2) is 0 Å². The number of benzene rings is 1. The Morgan fingerprint density at radius 3 is 2.84 bits per heavy atom. The van der Waals surface area contributed by atoms with Gasteiger partial charge in [-0.25, -0.2) is 4.79 Å². The van der Waals surface area contributed by atoms with Crippen molar-refractivity contribution >= 4 is 23.4 Å². The molecular weight excluding hydrogens is 246 g/mol. The number of amides is 2. The molecule has 0 spiro atoms. The molecule has 0 atom stereocenters. The van der Waals surface area contributed by atoms with Gasteiger partial charge in [0.25, 0.3) is 0 Å². The van der Waals surface area contributed by atoms with Crippen LogP contribution in [-0.4, -0.2) is 30.7 Å². The first-order valence-electron chi connectivity index (χ1n) is 6.23. The van der Waals surface area contributed by atoms with E-state index in [4.69, 9.17) is 10.5 Å². The SMILES string of the molecule is NC1(C(=O)Nc2cccc(N3CCOC3=O)c2)CC1. The van der Waals surface area contributed by atoms with E-state index in [1.807, 2.05) is 0 Å². The van der Waals surface area contributed by atoms with E-state index in [9.17, 15) is 9.59 Å². The van der Waals surface area contributed by atoms with Crippen LogP contribution in [0.2, 0.25) is 0 Å². The van der Waals surface area contributed by atoms with Gasteiger partial charge in [0.2, 0.25) is 5.91 Å². The van der Waals surface area contributed by atoms with Gasteiger partial charge in [0, 0.05) is 11.4 Å². The largest absolute Gasteiger partial charge is 0.447 e. The molecule has 3 rings (SSSR count). The number of cyclic esters (lactones) is 1. The first kappa shape index (κ1) is 12.0. The third-order valence-corrected chi connectivity index (χ3v) is 3.42. The van der Waals surface area contributed by atoms with Gasteiger partial charge in [-0.2, -0.15) is 0 Å². The quantitative estimate of drug-likeness (QED) is 0.852. The standard InChI is InChI=1S/C13H15N3O3/c14-13(4-5-13)11(17)15-9-2-1-3-10(8-9)16-6-7-19-12(16)18/h1-3,8H,4-7,14H2,(H,15,17). The highest BCUT2D eigenvalue weighted by Crippen LogP contribution is 2.33. The van der Waals surface area contributed by atoms with E-state index >= 15 is 0 Å². The Hall–Kier alpha value is -2.08. The Kier molecular flexibility index (Phi) is 2.67. The number of hydrogen-bond donors (Lipinski definition) is 2. The monoisotopic (exact) mass is 261 g/mol. The Morgan fingerprint density at radius 2 is 2.21 bits per heavy atom. The van der Waals surface area contributed by atoms with Gasteiger partial charge in [-0.1, -0.05) is 6.07 Å². The molecule has 0 aromatic heterocycles. The van der Waals surface area contributed by atoms with Gasteiger partial charge in [0.05, 0.1) is 12.1 Å². The molecule has 2 fully saturated rings. The summed E-state index contributed by atoms with van der Waals surface area (Å²) >= 11 is 0. The zero-order valence-electron chi connectivity index (χ0n) is 10.4. The number of carbonyl (C=O) groups excluding carboxylic acids is 2. The smallest absolute Gasteiger partial charge is 0.414 e. The number of nitrogens with one attached hydrogen (secondary N) is 1. The topological polar surface area (TPSA) is 84.7 Å². The average Bonchev–Trinajstić information content (AvgIpc) is 3.00. The van der Waals surface area contributed by atoms with Crippen LogP contribution >= 0.6 is 0 Å². The number of rotatable bonds is 3. The lowest BCUT2D eigenvalue weighted by atomic mass is 10.2. The molecule has 1 saturated heterocycles. The summed E-state index contributed by atoms with van der Waals surface area (Å²) in [6.07, 6.45) is 1.08. The predicted molar refractivity (Wildman–Crippen MR) is 69.9 cm³/mol. The van der Waals surface area contributed by atoms with Crippen molar-refractivity contribution < 1.29 is 14.3 Å². The molecule has 1 aliphatic heterocycles. The summed E-state index contributed by atoms with van der Waals surface area (Å²) in [6, 6.07) is 7.11. The Labute approximate surface area is 110 Å². The van der Waals surface area contributed by atoms with Gasteiger partial charge >= 0.3 is 6.09 Å². The fourth-order valence-corrected chi connectivity index (χ4v) is 2.00. The van der Waals surface area contributed by atoms with Gasteiger partial charge < -0.3 is 15.8 Å². The predicted octanol–water partition coefficient (Wildman–Crippen LogP) is 1.07. The molecule has 19 heavy (non-hydrogen) atoms. The summed E-state index contributed by atoms with van der Waals surface area (Å²) in [4.78, 5) is 24.9. The summed E-state index contributed by atoms with van der Waals surface area (Å²) in [5.74, 6) is -0.173. The summed E-state index contributed by atoms with van der Waals surface area (Å²) in [5.41, 5.74) is 6.47. The summed E-state index contributed by atoms with van der Waals surface area (Å²) < 4.78 is 4.88. The van der Waals surface area contributed by atoms with Crippen LogP contribution in [-0.2, 0) is 9.53 Å². The van der Waals surface area contributed by atoms with Gasteiger partial charge in [0.1, 0.15) is 6.61 Å². The van der Waals surface area contributed by atoms with Crippen molar-refractivity contribution in [2.24, 2.45) is 5.73 Å². The average molecular weight is 261 g/mol. The minimum atomic E-state index is -0.706. The Bertz CT molecular complexity index is 540. The van der Waals surface area contributed by atoms with Crippen LogP contribution in [0.5, 0.6) is 0 Å².